The summed E-state index contributed by atoms with van der Waals surface area (Å²) < 4.78 is 40.9. The number of carbonyl (C=O) groups is 1. The lowest BCUT2D eigenvalue weighted by Crippen LogP contribution is -2.46. The predicted octanol–water partition coefficient (Wildman–Crippen LogP) is 3.61. The van der Waals surface area contributed by atoms with Gasteiger partial charge in [0.25, 0.3) is 5.91 Å². The van der Waals surface area contributed by atoms with Crippen LogP contribution in [0.3, 0.4) is 0 Å². The summed E-state index contributed by atoms with van der Waals surface area (Å²) in [5.41, 5.74) is 6.11. The molecule has 0 fully saturated rings. The Balaban J connectivity index is 1.85. The maximum Gasteiger partial charge on any atom is 0.417 e. The van der Waals surface area contributed by atoms with Crippen LogP contribution in [0.15, 0.2) is 41.9 Å². The number of halogens is 4. The number of nitrogens with zero attached hydrogens (tertiary/aromatic N) is 3. The quantitative estimate of drug-likeness (QED) is 0.806. The van der Waals surface area contributed by atoms with Crippen molar-refractivity contribution >= 4 is 23.3 Å². The standard InChI is InChI=1S/C18H19ClF3N5O/c1-10-16(23)13(24-14-7-8-26(2)25-14)6-9-27(10)17(28)11-4-3-5-12(15(11)19)18(20,21)22/h3-5,7-8,10H,6,9,23H2,1-2H3,(H,24,25). The van der Waals surface area contributed by atoms with Gasteiger partial charge in [0, 0.05) is 38.0 Å². The lowest BCUT2D eigenvalue weighted by atomic mass is 10.0. The molecule has 150 valence electrons. The minimum Gasteiger partial charge on any atom is -0.399 e. The summed E-state index contributed by atoms with van der Waals surface area (Å²) in [4.78, 5) is 14.3. The molecule has 28 heavy (non-hydrogen) atoms. The molecular weight excluding hydrogens is 395 g/mol. The lowest BCUT2D eigenvalue weighted by Gasteiger charge is -2.35. The van der Waals surface area contributed by atoms with E-state index in [0.717, 1.165) is 11.8 Å². The Morgan fingerprint density at radius 3 is 2.68 bits per heavy atom. The van der Waals surface area contributed by atoms with Crippen molar-refractivity contribution in [2.45, 2.75) is 25.6 Å². The van der Waals surface area contributed by atoms with Crippen molar-refractivity contribution in [2.75, 3.05) is 11.9 Å². The fourth-order valence-corrected chi connectivity index (χ4v) is 3.42. The van der Waals surface area contributed by atoms with Gasteiger partial charge >= 0.3 is 6.18 Å². The molecule has 1 aromatic carbocycles. The Bertz CT molecular complexity index is 938. The van der Waals surface area contributed by atoms with Crippen molar-refractivity contribution in [3.8, 4) is 0 Å². The molecule has 1 unspecified atom stereocenters. The molecular formula is C18H19ClF3N5O. The number of rotatable bonds is 3. The fraction of sp³-hybridized carbons (Fsp3) is 0.333. The number of carbonyl (C=O) groups excluding carboxylic acids is 1. The van der Waals surface area contributed by atoms with E-state index >= 15 is 0 Å². The highest BCUT2D eigenvalue weighted by molar-refractivity contribution is 6.34. The number of anilines is 1. The SMILES string of the molecule is CC1C(N)=C(Nc2ccn(C)n2)CCN1C(=O)c1cccc(C(F)(F)F)c1Cl. The van der Waals surface area contributed by atoms with Crippen molar-refractivity contribution < 1.29 is 18.0 Å². The summed E-state index contributed by atoms with van der Waals surface area (Å²) in [6.07, 6.45) is -2.45. The van der Waals surface area contributed by atoms with Gasteiger partial charge in [0.2, 0.25) is 0 Å². The third-order valence-corrected chi connectivity index (χ3v) is 5.06. The van der Waals surface area contributed by atoms with Gasteiger partial charge in [0.05, 0.1) is 27.9 Å². The van der Waals surface area contributed by atoms with Gasteiger partial charge in [-0.3, -0.25) is 9.48 Å². The average molecular weight is 414 g/mol. The van der Waals surface area contributed by atoms with Gasteiger partial charge in [0.1, 0.15) is 0 Å². The largest absolute Gasteiger partial charge is 0.417 e. The minimum atomic E-state index is -4.64. The van der Waals surface area contributed by atoms with Crippen LogP contribution in [-0.2, 0) is 13.2 Å². The van der Waals surface area contributed by atoms with Crippen molar-refractivity contribution in [1.82, 2.24) is 14.7 Å². The van der Waals surface area contributed by atoms with Crippen LogP contribution in [0.4, 0.5) is 19.0 Å². The molecule has 0 saturated heterocycles. The van der Waals surface area contributed by atoms with Gasteiger partial charge < -0.3 is 16.0 Å². The van der Waals surface area contributed by atoms with Crippen LogP contribution in [0.2, 0.25) is 5.02 Å². The number of hydrogen-bond donors (Lipinski definition) is 2. The van der Waals surface area contributed by atoms with Gasteiger partial charge in [-0.25, -0.2) is 0 Å². The highest BCUT2D eigenvalue weighted by atomic mass is 35.5. The second-order valence-electron chi connectivity index (χ2n) is 6.52. The fourth-order valence-electron chi connectivity index (χ4n) is 3.11. The predicted molar refractivity (Wildman–Crippen MR) is 99.6 cm³/mol. The van der Waals surface area contributed by atoms with Gasteiger partial charge in [-0.05, 0) is 19.1 Å². The van der Waals surface area contributed by atoms with Crippen molar-refractivity contribution in [3.05, 3.63) is 58.0 Å². The number of hydrogen-bond acceptors (Lipinski definition) is 4. The van der Waals surface area contributed by atoms with Crippen LogP contribution in [0.25, 0.3) is 0 Å². The molecule has 1 aliphatic heterocycles. The molecule has 1 amide bonds. The number of aryl methyl sites for hydroxylation is 1. The van der Waals surface area contributed by atoms with E-state index in [9.17, 15) is 18.0 Å². The monoisotopic (exact) mass is 413 g/mol. The molecule has 2 aromatic rings. The molecule has 3 N–H and O–H groups in total. The third kappa shape index (κ3) is 3.80. The van der Waals surface area contributed by atoms with Crippen molar-refractivity contribution in [3.63, 3.8) is 0 Å². The molecule has 3 rings (SSSR count). The molecule has 0 aliphatic carbocycles. The second kappa shape index (κ2) is 7.38. The maximum absolute atomic E-state index is 13.1. The highest BCUT2D eigenvalue weighted by Gasteiger charge is 2.36. The van der Waals surface area contributed by atoms with Crippen LogP contribution >= 0.6 is 11.6 Å². The number of nitrogens with one attached hydrogen (secondary N) is 1. The average Bonchev–Trinajstić information content (AvgIpc) is 3.03. The molecule has 0 bridgehead atoms. The summed E-state index contributed by atoms with van der Waals surface area (Å²) in [7, 11) is 1.78. The summed E-state index contributed by atoms with van der Waals surface area (Å²) >= 11 is 5.90. The summed E-state index contributed by atoms with van der Waals surface area (Å²) in [5.74, 6) is 0.0248. The zero-order chi connectivity index (χ0) is 20.6. The van der Waals surface area contributed by atoms with Crippen molar-refractivity contribution in [1.29, 1.82) is 0 Å². The van der Waals surface area contributed by atoms with Gasteiger partial charge in [-0.15, -0.1) is 0 Å². The molecule has 6 nitrogen and oxygen atoms in total. The van der Waals surface area contributed by atoms with E-state index in [1.54, 1.807) is 30.9 Å². The van der Waals surface area contributed by atoms with E-state index in [1.165, 1.54) is 17.0 Å². The normalized spacial score (nSPS) is 17.8. The smallest absolute Gasteiger partial charge is 0.399 e. The first-order valence-corrected chi connectivity index (χ1v) is 8.89. The third-order valence-electron chi connectivity index (χ3n) is 4.66. The Morgan fingerprint density at radius 1 is 1.36 bits per heavy atom. The van der Waals surface area contributed by atoms with E-state index < -0.39 is 28.7 Å². The molecule has 0 radical (unpaired) electrons. The molecule has 0 saturated carbocycles. The molecule has 2 heterocycles. The summed E-state index contributed by atoms with van der Waals surface area (Å²) in [5, 5.41) is 6.75. The van der Waals surface area contributed by atoms with E-state index in [-0.39, 0.29) is 12.1 Å². The van der Waals surface area contributed by atoms with Crippen molar-refractivity contribution in [2.24, 2.45) is 12.8 Å². The van der Waals surface area contributed by atoms with Gasteiger partial charge in [-0.2, -0.15) is 18.3 Å². The van der Waals surface area contributed by atoms with E-state index in [2.05, 4.69) is 10.4 Å². The molecule has 1 atom stereocenters. The number of alkyl halides is 3. The molecule has 1 aromatic heterocycles. The molecule has 10 heteroatoms. The first-order valence-electron chi connectivity index (χ1n) is 8.51. The van der Waals surface area contributed by atoms with Crippen LogP contribution in [-0.4, -0.2) is 33.2 Å². The zero-order valence-corrected chi connectivity index (χ0v) is 16.0. The van der Waals surface area contributed by atoms with Gasteiger partial charge in [0.15, 0.2) is 5.82 Å². The lowest BCUT2D eigenvalue weighted by molar-refractivity contribution is -0.137. The Labute approximate surface area is 164 Å². The molecule has 1 aliphatic rings. The first-order chi connectivity index (χ1) is 13.1. The summed E-state index contributed by atoms with van der Waals surface area (Å²) in [6.45, 7) is 2.00. The number of nitrogens with two attached hydrogens (primary N) is 1. The van der Waals surface area contributed by atoms with Crippen LogP contribution in [0.1, 0.15) is 29.3 Å². The molecule has 0 spiro atoms. The van der Waals surface area contributed by atoms with E-state index in [0.29, 0.717) is 17.9 Å². The minimum absolute atomic E-state index is 0.197. The first kappa shape index (κ1) is 20.1. The number of aromatic nitrogens is 2. The highest BCUT2D eigenvalue weighted by Crippen LogP contribution is 2.37. The number of amides is 1. The van der Waals surface area contributed by atoms with E-state index in [1.807, 2.05) is 0 Å². The second-order valence-corrected chi connectivity index (χ2v) is 6.90. The van der Waals surface area contributed by atoms with Crippen LogP contribution in [0.5, 0.6) is 0 Å². The topological polar surface area (TPSA) is 76.2 Å². The Hall–Kier alpha value is -2.68. The maximum atomic E-state index is 13.1. The Morgan fingerprint density at radius 2 is 2.07 bits per heavy atom. The van der Waals surface area contributed by atoms with E-state index in [4.69, 9.17) is 17.3 Å². The summed E-state index contributed by atoms with van der Waals surface area (Å²) in [6, 6.07) is 4.57. The van der Waals surface area contributed by atoms with Crippen LogP contribution in [0, 0.1) is 0 Å². The zero-order valence-electron chi connectivity index (χ0n) is 15.2. The Kier molecular flexibility index (Phi) is 5.29. The van der Waals surface area contributed by atoms with Gasteiger partial charge in [-0.1, -0.05) is 17.7 Å². The van der Waals surface area contributed by atoms with Crippen LogP contribution < -0.4 is 11.1 Å². The number of benzene rings is 1.